The number of aromatic nitrogens is 3. The first-order chi connectivity index (χ1) is 8.22. The molecule has 2 aromatic rings. The molecular formula is C11H12N4O2. The fourth-order valence-electron chi connectivity index (χ4n) is 1.42. The molecular weight excluding hydrogens is 220 g/mol. The van der Waals surface area contributed by atoms with Crippen LogP contribution in [0.5, 0.6) is 5.88 Å². The van der Waals surface area contributed by atoms with E-state index < -0.39 is 6.10 Å². The van der Waals surface area contributed by atoms with Gasteiger partial charge < -0.3 is 15.6 Å². The number of rotatable bonds is 3. The molecule has 6 heteroatoms. The molecule has 2 rings (SSSR count). The predicted molar refractivity (Wildman–Crippen MR) is 61.3 cm³/mol. The molecule has 17 heavy (non-hydrogen) atoms. The fraction of sp³-hybridized carbons (Fsp3) is 0.182. The summed E-state index contributed by atoms with van der Waals surface area (Å²) in [5.41, 5.74) is 7.14. The Morgan fingerprint density at radius 3 is 2.94 bits per heavy atom. The van der Waals surface area contributed by atoms with E-state index in [-0.39, 0.29) is 0 Å². The minimum Gasteiger partial charge on any atom is -0.481 e. The molecule has 0 radical (unpaired) electrons. The maximum absolute atomic E-state index is 10.1. The molecule has 0 spiro atoms. The zero-order valence-corrected chi connectivity index (χ0v) is 9.24. The number of methoxy groups -OCH3 is 1. The summed E-state index contributed by atoms with van der Waals surface area (Å²) in [5.74, 6) is 0.386. The molecule has 0 aliphatic carbocycles. The van der Waals surface area contributed by atoms with Crippen LogP contribution in [0.2, 0.25) is 0 Å². The Hall–Kier alpha value is -2.21. The smallest absolute Gasteiger partial charge is 0.216 e. The number of ether oxygens (including phenoxy) is 1. The van der Waals surface area contributed by atoms with Gasteiger partial charge in [-0.2, -0.15) is 0 Å². The number of nitrogens with zero attached hydrogens (tertiary/aromatic N) is 3. The van der Waals surface area contributed by atoms with Crippen molar-refractivity contribution in [3.05, 3.63) is 42.1 Å². The lowest BCUT2D eigenvalue weighted by Crippen LogP contribution is -2.06. The SMILES string of the molecule is COc1cc(C(O)c2cnccc2N)ncn1. The third kappa shape index (κ3) is 2.31. The van der Waals surface area contributed by atoms with Gasteiger partial charge in [0, 0.05) is 29.7 Å². The van der Waals surface area contributed by atoms with Gasteiger partial charge in [0.15, 0.2) is 0 Å². The highest BCUT2D eigenvalue weighted by molar-refractivity contribution is 5.47. The molecule has 3 N–H and O–H groups in total. The molecule has 88 valence electrons. The van der Waals surface area contributed by atoms with Crippen molar-refractivity contribution in [3.63, 3.8) is 0 Å². The Morgan fingerprint density at radius 2 is 2.24 bits per heavy atom. The van der Waals surface area contributed by atoms with Crippen LogP contribution < -0.4 is 10.5 Å². The van der Waals surface area contributed by atoms with Crippen LogP contribution in [0.3, 0.4) is 0 Å². The standard InChI is InChI=1S/C11H12N4O2/c1-17-10-4-9(14-6-15-10)11(16)7-5-13-3-2-8(7)12/h2-6,11,16H,1H3,(H2,12,13). The van der Waals surface area contributed by atoms with Crippen LogP contribution in [-0.4, -0.2) is 27.2 Å². The molecule has 2 aromatic heterocycles. The van der Waals surface area contributed by atoms with Crippen molar-refractivity contribution < 1.29 is 9.84 Å². The van der Waals surface area contributed by atoms with Crippen molar-refractivity contribution in [2.24, 2.45) is 0 Å². The van der Waals surface area contributed by atoms with Crippen LogP contribution in [-0.2, 0) is 0 Å². The van der Waals surface area contributed by atoms with E-state index in [2.05, 4.69) is 15.0 Å². The number of aliphatic hydroxyl groups is 1. The minimum atomic E-state index is -0.944. The van der Waals surface area contributed by atoms with E-state index in [0.29, 0.717) is 22.8 Å². The molecule has 0 bridgehead atoms. The summed E-state index contributed by atoms with van der Waals surface area (Å²) >= 11 is 0. The largest absolute Gasteiger partial charge is 0.481 e. The number of nitrogens with two attached hydrogens (primary N) is 1. The van der Waals surface area contributed by atoms with Gasteiger partial charge in [0.25, 0.3) is 0 Å². The predicted octanol–water partition coefficient (Wildman–Crippen LogP) is 0.544. The Balaban J connectivity index is 2.37. The molecule has 0 aromatic carbocycles. The molecule has 0 fully saturated rings. The normalized spacial score (nSPS) is 12.1. The number of hydrogen-bond acceptors (Lipinski definition) is 6. The van der Waals surface area contributed by atoms with Crippen molar-refractivity contribution in [2.75, 3.05) is 12.8 Å². The van der Waals surface area contributed by atoms with Crippen molar-refractivity contribution in [1.29, 1.82) is 0 Å². The van der Waals surface area contributed by atoms with Gasteiger partial charge in [0.1, 0.15) is 12.4 Å². The van der Waals surface area contributed by atoms with Gasteiger partial charge in [-0.15, -0.1) is 0 Å². The Labute approximate surface area is 98.1 Å². The third-order valence-corrected chi connectivity index (χ3v) is 2.33. The Bertz CT molecular complexity index is 518. The number of aliphatic hydroxyl groups excluding tert-OH is 1. The molecule has 1 unspecified atom stereocenters. The second-order valence-electron chi connectivity index (χ2n) is 3.39. The average molecular weight is 232 g/mol. The van der Waals surface area contributed by atoms with Gasteiger partial charge in [-0.05, 0) is 6.07 Å². The number of nitrogen functional groups attached to an aromatic ring is 1. The Morgan fingerprint density at radius 1 is 1.41 bits per heavy atom. The van der Waals surface area contributed by atoms with Crippen molar-refractivity contribution in [2.45, 2.75) is 6.10 Å². The topological polar surface area (TPSA) is 94.2 Å². The molecule has 1 atom stereocenters. The maximum Gasteiger partial charge on any atom is 0.216 e. The third-order valence-electron chi connectivity index (χ3n) is 2.33. The van der Waals surface area contributed by atoms with E-state index in [1.165, 1.54) is 19.6 Å². The molecule has 0 saturated heterocycles. The summed E-state index contributed by atoms with van der Waals surface area (Å²) < 4.78 is 4.96. The molecule has 6 nitrogen and oxygen atoms in total. The van der Waals surface area contributed by atoms with Gasteiger partial charge in [0.2, 0.25) is 5.88 Å². The lowest BCUT2D eigenvalue weighted by molar-refractivity contribution is 0.214. The van der Waals surface area contributed by atoms with E-state index in [9.17, 15) is 5.11 Å². The quantitative estimate of drug-likeness (QED) is 0.802. The first kappa shape index (κ1) is 11.3. The van der Waals surface area contributed by atoms with E-state index in [1.807, 2.05) is 0 Å². The highest BCUT2D eigenvalue weighted by atomic mass is 16.5. The van der Waals surface area contributed by atoms with Crippen LogP contribution in [0.25, 0.3) is 0 Å². The van der Waals surface area contributed by atoms with Gasteiger partial charge in [-0.3, -0.25) is 4.98 Å². The van der Waals surface area contributed by atoms with Gasteiger partial charge in [-0.25, -0.2) is 9.97 Å². The van der Waals surface area contributed by atoms with E-state index in [0.717, 1.165) is 0 Å². The summed E-state index contributed by atoms with van der Waals surface area (Å²) in [4.78, 5) is 11.8. The number of hydrogen-bond donors (Lipinski definition) is 2. The lowest BCUT2D eigenvalue weighted by atomic mass is 10.1. The summed E-state index contributed by atoms with van der Waals surface area (Å²) in [7, 11) is 1.50. The zero-order valence-electron chi connectivity index (χ0n) is 9.24. The molecule has 2 heterocycles. The van der Waals surface area contributed by atoms with Crippen molar-refractivity contribution >= 4 is 5.69 Å². The summed E-state index contributed by atoms with van der Waals surface area (Å²) in [6.45, 7) is 0. The highest BCUT2D eigenvalue weighted by Crippen LogP contribution is 2.25. The zero-order chi connectivity index (χ0) is 12.3. The van der Waals surface area contributed by atoms with Crippen LogP contribution in [0.1, 0.15) is 17.4 Å². The first-order valence-corrected chi connectivity index (χ1v) is 4.95. The van der Waals surface area contributed by atoms with Crippen LogP contribution in [0.4, 0.5) is 5.69 Å². The van der Waals surface area contributed by atoms with E-state index in [1.54, 1.807) is 18.3 Å². The minimum absolute atomic E-state index is 0.386. The summed E-state index contributed by atoms with van der Waals surface area (Å²) in [6.07, 6.45) is 3.45. The molecule has 0 saturated carbocycles. The fourth-order valence-corrected chi connectivity index (χ4v) is 1.42. The van der Waals surface area contributed by atoms with Gasteiger partial charge in [0.05, 0.1) is 12.8 Å². The van der Waals surface area contributed by atoms with Crippen molar-refractivity contribution in [1.82, 2.24) is 15.0 Å². The lowest BCUT2D eigenvalue weighted by Gasteiger charge is -2.12. The van der Waals surface area contributed by atoms with E-state index >= 15 is 0 Å². The van der Waals surface area contributed by atoms with Gasteiger partial charge >= 0.3 is 0 Å². The Kier molecular flexibility index (Phi) is 3.15. The number of anilines is 1. The number of pyridine rings is 1. The monoisotopic (exact) mass is 232 g/mol. The summed E-state index contributed by atoms with van der Waals surface area (Å²) in [5, 5.41) is 10.1. The van der Waals surface area contributed by atoms with Gasteiger partial charge in [-0.1, -0.05) is 0 Å². The van der Waals surface area contributed by atoms with Crippen molar-refractivity contribution in [3.8, 4) is 5.88 Å². The van der Waals surface area contributed by atoms with Crippen LogP contribution in [0, 0.1) is 0 Å². The first-order valence-electron chi connectivity index (χ1n) is 4.95. The van der Waals surface area contributed by atoms with E-state index in [4.69, 9.17) is 10.5 Å². The second-order valence-corrected chi connectivity index (χ2v) is 3.39. The molecule has 0 aliphatic rings. The highest BCUT2D eigenvalue weighted by Gasteiger charge is 2.15. The molecule has 0 aliphatic heterocycles. The molecule has 0 amide bonds. The average Bonchev–Trinajstić information content (AvgIpc) is 2.38. The summed E-state index contributed by atoms with van der Waals surface area (Å²) in [6, 6.07) is 3.17. The maximum atomic E-state index is 10.1. The van der Waals surface area contributed by atoms with Crippen LogP contribution >= 0.6 is 0 Å². The second kappa shape index (κ2) is 4.75. The van der Waals surface area contributed by atoms with Crippen LogP contribution in [0.15, 0.2) is 30.9 Å².